The van der Waals surface area contributed by atoms with Crippen molar-refractivity contribution in [1.82, 2.24) is 10.6 Å². The van der Waals surface area contributed by atoms with E-state index in [0.29, 0.717) is 6.04 Å². The molecule has 1 saturated carbocycles. The van der Waals surface area contributed by atoms with Crippen LogP contribution in [0.3, 0.4) is 0 Å². The smallest absolute Gasteiger partial charge is 0.234 e. The third-order valence-electron chi connectivity index (χ3n) is 3.51. The van der Waals surface area contributed by atoms with E-state index < -0.39 is 0 Å². The zero-order valence-corrected chi connectivity index (χ0v) is 11.4. The van der Waals surface area contributed by atoms with E-state index in [-0.39, 0.29) is 23.6 Å². The van der Waals surface area contributed by atoms with Crippen LogP contribution >= 0.6 is 35.9 Å². The lowest BCUT2D eigenvalue weighted by Crippen LogP contribution is -2.40. The Morgan fingerprint density at radius 2 is 2.00 bits per heavy atom. The zero-order chi connectivity index (χ0) is 10.3. The number of halogens is 1. The fraction of sp³-hybridized carbons (Fsp3) is 0.900. The summed E-state index contributed by atoms with van der Waals surface area (Å²) in [5, 5.41) is 6.76. The van der Waals surface area contributed by atoms with Crippen molar-refractivity contribution >= 4 is 41.8 Å². The molecule has 0 radical (unpaired) electrons. The van der Waals surface area contributed by atoms with Gasteiger partial charge in [-0.15, -0.1) is 24.2 Å². The lowest BCUT2D eigenvalue weighted by Gasteiger charge is -2.20. The standard InChI is InChI=1S/C10H16N2OS2.ClH/c13-10(8-5-14-1-2-15-8)12-9-6-3-11-4-7(6)9;/h6-9,11H,1-5H2,(H,12,13);1H. The van der Waals surface area contributed by atoms with Crippen LogP contribution in [0.2, 0.25) is 0 Å². The third-order valence-corrected chi connectivity index (χ3v) is 6.26. The first-order chi connectivity index (χ1) is 7.36. The van der Waals surface area contributed by atoms with Gasteiger partial charge in [0.25, 0.3) is 0 Å². The Labute approximate surface area is 111 Å². The molecule has 0 aromatic rings. The van der Waals surface area contributed by atoms with Crippen molar-refractivity contribution in [2.45, 2.75) is 11.3 Å². The summed E-state index contributed by atoms with van der Waals surface area (Å²) < 4.78 is 0. The maximum absolute atomic E-state index is 11.9. The van der Waals surface area contributed by atoms with Gasteiger partial charge in [0.1, 0.15) is 0 Å². The second kappa shape index (κ2) is 5.38. The number of carbonyl (C=O) groups excluding carboxylic acids is 1. The minimum absolute atomic E-state index is 0. The molecule has 2 saturated heterocycles. The molecule has 3 atom stereocenters. The number of nitrogens with one attached hydrogen (secondary N) is 2. The summed E-state index contributed by atoms with van der Waals surface area (Å²) in [7, 11) is 0. The van der Waals surface area contributed by atoms with Crippen molar-refractivity contribution in [3.05, 3.63) is 0 Å². The van der Waals surface area contributed by atoms with Crippen LogP contribution in [-0.4, -0.2) is 47.5 Å². The largest absolute Gasteiger partial charge is 0.352 e. The summed E-state index contributed by atoms with van der Waals surface area (Å²) in [6, 6.07) is 0.492. The molecule has 3 unspecified atom stereocenters. The topological polar surface area (TPSA) is 41.1 Å². The number of carbonyl (C=O) groups is 1. The summed E-state index contributed by atoms with van der Waals surface area (Å²) in [5.74, 6) is 5.07. The fourth-order valence-corrected chi connectivity index (χ4v) is 5.09. The lowest BCUT2D eigenvalue weighted by molar-refractivity contribution is -0.120. The first-order valence-corrected chi connectivity index (χ1v) is 7.77. The molecule has 1 amide bonds. The Hall–Kier alpha value is 0.420. The molecule has 0 bridgehead atoms. The van der Waals surface area contributed by atoms with Crippen LogP contribution in [0.4, 0.5) is 0 Å². The summed E-state index contributed by atoms with van der Waals surface area (Å²) >= 11 is 3.73. The van der Waals surface area contributed by atoms with E-state index in [4.69, 9.17) is 0 Å². The Bertz CT molecular complexity index is 264. The van der Waals surface area contributed by atoms with Gasteiger partial charge in [-0.2, -0.15) is 11.8 Å². The van der Waals surface area contributed by atoms with Crippen LogP contribution in [-0.2, 0) is 4.79 Å². The summed E-state index contributed by atoms with van der Waals surface area (Å²) in [5.41, 5.74) is 0. The van der Waals surface area contributed by atoms with E-state index in [0.717, 1.165) is 36.4 Å². The first kappa shape index (κ1) is 12.9. The minimum atomic E-state index is 0. The van der Waals surface area contributed by atoms with Gasteiger partial charge in [-0.05, 0) is 11.8 Å². The van der Waals surface area contributed by atoms with Gasteiger partial charge < -0.3 is 10.6 Å². The third kappa shape index (κ3) is 2.47. The van der Waals surface area contributed by atoms with Gasteiger partial charge in [-0.3, -0.25) is 4.79 Å². The van der Waals surface area contributed by atoms with Crippen LogP contribution in [0.15, 0.2) is 0 Å². The van der Waals surface area contributed by atoms with Crippen molar-refractivity contribution in [3.8, 4) is 0 Å². The summed E-state index contributed by atoms with van der Waals surface area (Å²) in [6.45, 7) is 2.20. The number of piperidine rings is 1. The average molecular weight is 281 g/mol. The molecular weight excluding hydrogens is 264 g/mol. The Kier molecular flexibility index (Phi) is 4.32. The molecule has 1 aliphatic carbocycles. The molecule has 3 rings (SSSR count). The molecule has 92 valence electrons. The second-order valence-corrected chi connectivity index (χ2v) is 6.92. The maximum Gasteiger partial charge on any atom is 0.234 e. The SMILES string of the molecule is Cl.O=C(NC1C2CNCC21)C1CSCCS1. The second-order valence-electron chi connectivity index (χ2n) is 4.45. The van der Waals surface area contributed by atoms with Gasteiger partial charge in [0.15, 0.2) is 0 Å². The number of hydrogen-bond acceptors (Lipinski definition) is 4. The monoisotopic (exact) mass is 280 g/mol. The number of thioether (sulfide) groups is 2. The zero-order valence-electron chi connectivity index (χ0n) is 8.98. The molecule has 3 fully saturated rings. The fourth-order valence-electron chi connectivity index (χ4n) is 2.53. The molecule has 3 nitrogen and oxygen atoms in total. The molecule has 3 aliphatic rings. The molecule has 0 aromatic carbocycles. The predicted molar refractivity (Wildman–Crippen MR) is 72.6 cm³/mol. The van der Waals surface area contributed by atoms with Crippen LogP contribution < -0.4 is 10.6 Å². The van der Waals surface area contributed by atoms with Crippen molar-refractivity contribution in [3.63, 3.8) is 0 Å². The molecule has 0 spiro atoms. The minimum Gasteiger partial charge on any atom is -0.352 e. The van der Waals surface area contributed by atoms with Gasteiger partial charge in [0, 0.05) is 36.4 Å². The van der Waals surface area contributed by atoms with Crippen molar-refractivity contribution in [2.75, 3.05) is 30.3 Å². The quantitative estimate of drug-likeness (QED) is 0.777. The van der Waals surface area contributed by atoms with Crippen LogP contribution in [0, 0.1) is 11.8 Å². The van der Waals surface area contributed by atoms with Crippen LogP contribution in [0.1, 0.15) is 0 Å². The molecule has 0 aromatic heterocycles. The summed E-state index contributed by atoms with van der Waals surface area (Å²) in [4.78, 5) is 11.9. The van der Waals surface area contributed by atoms with Gasteiger partial charge in [0.05, 0.1) is 5.25 Å². The highest BCUT2D eigenvalue weighted by Crippen LogP contribution is 2.41. The van der Waals surface area contributed by atoms with Crippen molar-refractivity contribution in [2.24, 2.45) is 11.8 Å². The Morgan fingerprint density at radius 1 is 1.25 bits per heavy atom. The van der Waals surface area contributed by atoms with Gasteiger partial charge in [0.2, 0.25) is 5.91 Å². The van der Waals surface area contributed by atoms with Gasteiger partial charge >= 0.3 is 0 Å². The molecule has 16 heavy (non-hydrogen) atoms. The molecule has 2 N–H and O–H groups in total. The van der Waals surface area contributed by atoms with E-state index in [1.165, 1.54) is 5.75 Å². The van der Waals surface area contributed by atoms with Gasteiger partial charge in [-0.1, -0.05) is 0 Å². The van der Waals surface area contributed by atoms with E-state index in [2.05, 4.69) is 10.6 Å². The van der Waals surface area contributed by atoms with Crippen LogP contribution in [0.5, 0.6) is 0 Å². The predicted octanol–water partition coefficient (Wildman–Crippen LogP) is 0.591. The summed E-state index contributed by atoms with van der Waals surface area (Å²) in [6.07, 6.45) is 0. The molecule has 6 heteroatoms. The molecule has 2 heterocycles. The Morgan fingerprint density at radius 3 is 2.62 bits per heavy atom. The lowest BCUT2D eigenvalue weighted by atomic mass is 10.3. The van der Waals surface area contributed by atoms with Crippen molar-refractivity contribution < 1.29 is 4.79 Å². The molecule has 2 aliphatic heterocycles. The first-order valence-electron chi connectivity index (χ1n) is 5.57. The maximum atomic E-state index is 11.9. The van der Waals surface area contributed by atoms with Crippen molar-refractivity contribution in [1.29, 1.82) is 0 Å². The highest BCUT2D eigenvalue weighted by atomic mass is 35.5. The van der Waals surface area contributed by atoms with E-state index in [9.17, 15) is 4.79 Å². The van der Waals surface area contributed by atoms with Gasteiger partial charge in [-0.25, -0.2) is 0 Å². The van der Waals surface area contributed by atoms with Crippen LogP contribution in [0.25, 0.3) is 0 Å². The Balaban J connectivity index is 0.000000963. The highest BCUT2D eigenvalue weighted by Gasteiger charge is 2.53. The normalized spacial score (nSPS) is 40.8. The number of amides is 1. The number of hydrogen-bond donors (Lipinski definition) is 2. The number of fused-ring (bicyclic) bond motifs is 1. The van der Waals surface area contributed by atoms with E-state index in [1.54, 1.807) is 0 Å². The van der Waals surface area contributed by atoms with E-state index >= 15 is 0 Å². The number of rotatable bonds is 2. The molecular formula is C10H17ClN2OS2. The average Bonchev–Trinajstić information content (AvgIpc) is 2.75. The van der Waals surface area contributed by atoms with E-state index in [1.807, 2.05) is 23.5 Å². The highest BCUT2D eigenvalue weighted by molar-refractivity contribution is 8.07.